The van der Waals surface area contributed by atoms with Crippen LogP contribution in [0.3, 0.4) is 0 Å². The summed E-state index contributed by atoms with van der Waals surface area (Å²) in [6, 6.07) is 6.94. The van der Waals surface area contributed by atoms with Crippen molar-refractivity contribution in [3.63, 3.8) is 0 Å². The largest absolute Gasteiger partial charge is 0.486 e. The van der Waals surface area contributed by atoms with Crippen molar-refractivity contribution < 1.29 is 9.47 Å². The second kappa shape index (κ2) is 5.83. The van der Waals surface area contributed by atoms with Crippen LogP contribution in [0.15, 0.2) is 18.2 Å². The Kier molecular flexibility index (Phi) is 3.92. The lowest BCUT2D eigenvalue weighted by molar-refractivity contribution is 0.171. The summed E-state index contributed by atoms with van der Waals surface area (Å²) in [7, 11) is 0. The molecule has 1 saturated carbocycles. The molecule has 2 atom stereocenters. The van der Waals surface area contributed by atoms with Crippen LogP contribution in [0.5, 0.6) is 11.5 Å². The summed E-state index contributed by atoms with van der Waals surface area (Å²) in [6.45, 7) is 4.60. The Bertz CT molecular complexity index is 433. The third-order valence-electron chi connectivity index (χ3n) is 4.14. The first-order chi connectivity index (χ1) is 9.31. The van der Waals surface area contributed by atoms with Crippen molar-refractivity contribution in [2.45, 2.75) is 45.2 Å². The molecule has 0 saturated heterocycles. The van der Waals surface area contributed by atoms with Crippen LogP contribution in [0.4, 0.5) is 0 Å². The SMILES string of the molecule is CC1CCCC(NCc2ccc3c(c2)OCCO3)C1. The van der Waals surface area contributed by atoms with Crippen LogP contribution in [0.25, 0.3) is 0 Å². The van der Waals surface area contributed by atoms with Gasteiger partial charge >= 0.3 is 0 Å². The van der Waals surface area contributed by atoms with Gasteiger partial charge in [0.25, 0.3) is 0 Å². The highest BCUT2D eigenvalue weighted by Gasteiger charge is 2.18. The molecule has 0 spiro atoms. The predicted octanol–water partition coefficient (Wildman–Crippen LogP) is 3.13. The van der Waals surface area contributed by atoms with Crippen LogP contribution in [-0.2, 0) is 6.54 Å². The second-order valence-corrected chi connectivity index (χ2v) is 5.83. The molecule has 19 heavy (non-hydrogen) atoms. The van der Waals surface area contributed by atoms with Gasteiger partial charge in [-0.3, -0.25) is 0 Å². The summed E-state index contributed by atoms with van der Waals surface area (Å²) in [4.78, 5) is 0. The highest BCUT2D eigenvalue weighted by Crippen LogP contribution is 2.31. The van der Waals surface area contributed by atoms with E-state index in [1.807, 2.05) is 6.07 Å². The van der Waals surface area contributed by atoms with Gasteiger partial charge in [0, 0.05) is 12.6 Å². The van der Waals surface area contributed by atoms with Gasteiger partial charge in [-0.15, -0.1) is 0 Å². The number of rotatable bonds is 3. The number of hydrogen-bond acceptors (Lipinski definition) is 3. The molecule has 3 nitrogen and oxygen atoms in total. The summed E-state index contributed by atoms with van der Waals surface area (Å²) in [5, 5.41) is 3.68. The minimum absolute atomic E-state index is 0.657. The minimum Gasteiger partial charge on any atom is -0.486 e. The normalized spacial score (nSPS) is 26.2. The average molecular weight is 261 g/mol. The van der Waals surface area contributed by atoms with Crippen LogP contribution in [0, 0.1) is 5.92 Å². The Morgan fingerprint density at radius 2 is 2.00 bits per heavy atom. The molecule has 0 radical (unpaired) electrons. The Morgan fingerprint density at radius 1 is 1.16 bits per heavy atom. The summed E-state index contributed by atoms with van der Waals surface area (Å²) >= 11 is 0. The molecule has 0 aromatic heterocycles. The fourth-order valence-corrected chi connectivity index (χ4v) is 3.08. The van der Waals surface area contributed by atoms with E-state index in [0.29, 0.717) is 19.3 Å². The van der Waals surface area contributed by atoms with Crippen molar-refractivity contribution in [2.24, 2.45) is 5.92 Å². The van der Waals surface area contributed by atoms with E-state index in [1.54, 1.807) is 0 Å². The smallest absolute Gasteiger partial charge is 0.161 e. The molecule has 0 bridgehead atoms. The molecular weight excluding hydrogens is 238 g/mol. The highest BCUT2D eigenvalue weighted by atomic mass is 16.6. The van der Waals surface area contributed by atoms with Gasteiger partial charge in [-0.2, -0.15) is 0 Å². The zero-order chi connectivity index (χ0) is 13.1. The van der Waals surface area contributed by atoms with Crippen LogP contribution in [0.2, 0.25) is 0 Å². The standard InChI is InChI=1S/C16H23NO2/c1-12-3-2-4-14(9-12)17-11-13-5-6-15-16(10-13)19-8-7-18-15/h5-6,10,12,14,17H,2-4,7-9,11H2,1H3. The molecule has 3 rings (SSSR count). The Labute approximate surface area is 115 Å². The van der Waals surface area contributed by atoms with E-state index in [2.05, 4.69) is 24.4 Å². The zero-order valence-corrected chi connectivity index (χ0v) is 11.7. The number of fused-ring (bicyclic) bond motifs is 1. The molecule has 2 aliphatic rings. The summed E-state index contributed by atoms with van der Waals surface area (Å²) in [6.07, 6.45) is 5.38. The zero-order valence-electron chi connectivity index (χ0n) is 11.7. The lowest BCUT2D eigenvalue weighted by Crippen LogP contribution is -2.33. The van der Waals surface area contributed by atoms with Gasteiger partial charge in [-0.05, 0) is 36.5 Å². The number of benzene rings is 1. The molecule has 1 N–H and O–H groups in total. The van der Waals surface area contributed by atoms with E-state index in [-0.39, 0.29) is 0 Å². The van der Waals surface area contributed by atoms with Crippen molar-refractivity contribution in [3.05, 3.63) is 23.8 Å². The van der Waals surface area contributed by atoms with Crippen molar-refractivity contribution in [3.8, 4) is 11.5 Å². The van der Waals surface area contributed by atoms with Gasteiger partial charge in [0.2, 0.25) is 0 Å². The third-order valence-corrected chi connectivity index (χ3v) is 4.14. The Hall–Kier alpha value is -1.22. The molecule has 1 aromatic carbocycles. The van der Waals surface area contributed by atoms with Gasteiger partial charge < -0.3 is 14.8 Å². The quantitative estimate of drug-likeness (QED) is 0.906. The fraction of sp³-hybridized carbons (Fsp3) is 0.625. The minimum atomic E-state index is 0.657. The van der Waals surface area contributed by atoms with Crippen molar-refractivity contribution in [1.29, 1.82) is 0 Å². The molecule has 1 aliphatic heterocycles. The maximum Gasteiger partial charge on any atom is 0.161 e. The van der Waals surface area contributed by atoms with Gasteiger partial charge in [0.1, 0.15) is 13.2 Å². The van der Waals surface area contributed by atoms with Crippen molar-refractivity contribution >= 4 is 0 Å². The molecule has 104 valence electrons. The van der Waals surface area contributed by atoms with E-state index in [9.17, 15) is 0 Å². The monoisotopic (exact) mass is 261 g/mol. The van der Waals surface area contributed by atoms with Crippen molar-refractivity contribution in [2.75, 3.05) is 13.2 Å². The molecule has 1 heterocycles. The first-order valence-electron chi connectivity index (χ1n) is 7.43. The lowest BCUT2D eigenvalue weighted by Gasteiger charge is -2.27. The number of nitrogens with one attached hydrogen (secondary N) is 1. The Morgan fingerprint density at radius 3 is 2.84 bits per heavy atom. The average Bonchev–Trinajstić information content (AvgIpc) is 2.45. The maximum absolute atomic E-state index is 5.62. The van der Waals surface area contributed by atoms with Gasteiger partial charge in [-0.1, -0.05) is 25.8 Å². The van der Waals surface area contributed by atoms with Gasteiger partial charge in [0.15, 0.2) is 11.5 Å². The molecule has 0 amide bonds. The van der Waals surface area contributed by atoms with Crippen LogP contribution in [0.1, 0.15) is 38.2 Å². The predicted molar refractivity (Wildman–Crippen MR) is 75.7 cm³/mol. The topological polar surface area (TPSA) is 30.5 Å². The summed E-state index contributed by atoms with van der Waals surface area (Å²) in [5.41, 5.74) is 1.28. The molecule has 1 aliphatic carbocycles. The summed E-state index contributed by atoms with van der Waals surface area (Å²) < 4.78 is 11.2. The number of ether oxygens (including phenoxy) is 2. The first-order valence-corrected chi connectivity index (χ1v) is 7.43. The van der Waals surface area contributed by atoms with E-state index in [0.717, 1.165) is 24.0 Å². The fourth-order valence-electron chi connectivity index (χ4n) is 3.08. The lowest BCUT2D eigenvalue weighted by atomic mass is 9.87. The van der Waals surface area contributed by atoms with E-state index < -0.39 is 0 Å². The van der Waals surface area contributed by atoms with E-state index in [1.165, 1.54) is 31.2 Å². The molecule has 2 unspecified atom stereocenters. The van der Waals surface area contributed by atoms with Crippen molar-refractivity contribution in [1.82, 2.24) is 5.32 Å². The van der Waals surface area contributed by atoms with Crippen LogP contribution < -0.4 is 14.8 Å². The molecule has 3 heteroatoms. The number of hydrogen-bond donors (Lipinski definition) is 1. The Balaban J connectivity index is 1.57. The highest BCUT2D eigenvalue weighted by molar-refractivity contribution is 5.43. The van der Waals surface area contributed by atoms with Gasteiger partial charge in [-0.25, -0.2) is 0 Å². The molecule has 1 fully saturated rings. The van der Waals surface area contributed by atoms with Crippen LogP contribution in [-0.4, -0.2) is 19.3 Å². The van der Waals surface area contributed by atoms with E-state index >= 15 is 0 Å². The first kappa shape index (κ1) is 12.8. The summed E-state index contributed by atoms with van der Waals surface area (Å²) in [5.74, 6) is 2.63. The van der Waals surface area contributed by atoms with Gasteiger partial charge in [0.05, 0.1) is 0 Å². The third kappa shape index (κ3) is 3.21. The molecular formula is C16H23NO2. The van der Waals surface area contributed by atoms with Crippen LogP contribution >= 0.6 is 0 Å². The molecule has 1 aromatic rings. The van der Waals surface area contributed by atoms with E-state index in [4.69, 9.17) is 9.47 Å². The second-order valence-electron chi connectivity index (χ2n) is 5.83. The maximum atomic E-state index is 5.62.